The Kier molecular flexibility index (Phi) is 6.41. The Labute approximate surface area is 179 Å². The molecule has 8 heteroatoms. The highest BCUT2D eigenvalue weighted by Gasteiger charge is 2.18. The van der Waals surface area contributed by atoms with Crippen molar-refractivity contribution < 1.29 is 10.2 Å². The lowest BCUT2D eigenvalue weighted by molar-refractivity contribution is 0.444. The molecule has 3 aromatic carbocycles. The molecule has 0 fully saturated rings. The van der Waals surface area contributed by atoms with Gasteiger partial charge in [-0.25, -0.2) is 0 Å². The molecule has 152 valence electrons. The second kappa shape index (κ2) is 9.17. The molecule has 0 aliphatic carbocycles. The first-order valence-corrected chi connectivity index (χ1v) is 9.43. The first kappa shape index (κ1) is 21.0. The molecule has 4 rings (SSSR count). The third-order valence-electron chi connectivity index (χ3n) is 4.37. The zero-order valence-electron chi connectivity index (χ0n) is 16.2. The standard InChI is InChI=1S/C22H19N5OS.H2O/c1-15-20(14-24-25-22(23)29)21(27(26-15)18-9-3-2-4-10-18)28-19-12-11-16-7-5-6-8-17(16)13-19;/h2-14H,1H3,(H3,23,25,29);1H2/b24-14+;. The fourth-order valence-corrected chi connectivity index (χ4v) is 3.06. The van der Waals surface area contributed by atoms with Crippen LogP contribution in [0.3, 0.4) is 0 Å². The maximum absolute atomic E-state index is 6.30. The average Bonchev–Trinajstić information content (AvgIpc) is 3.04. The van der Waals surface area contributed by atoms with Gasteiger partial charge in [0.1, 0.15) is 5.75 Å². The maximum atomic E-state index is 6.30. The minimum atomic E-state index is 0. The molecule has 0 spiro atoms. The number of nitrogens with two attached hydrogens (primary N) is 1. The first-order valence-electron chi connectivity index (χ1n) is 9.02. The Morgan fingerprint density at radius 1 is 1.07 bits per heavy atom. The van der Waals surface area contributed by atoms with E-state index in [0.29, 0.717) is 11.6 Å². The van der Waals surface area contributed by atoms with Crippen molar-refractivity contribution in [2.24, 2.45) is 10.8 Å². The van der Waals surface area contributed by atoms with Crippen LogP contribution in [0.15, 0.2) is 77.9 Å². The molecule has 0 saturated carbocycles. The van der Waals surface area contributed by atoms with Crippen molar-refractivity contribution in [3.8, 4) is 17.3 Å². The van der Waals surface area contributed by atoms with Crippen LogP contribution in [-0.2, 0) is 0 Å². The van der Waals surface area contributed by atoms with Crippen LogP contribution in [0.4, 0.5) is 0 Å². The van der Waals surface area contributed by atoms with E-state index in [1.54, 1.807) is 10.9 Å². The summed E-state index contributed by atoms with van der Waals surface area (Å²) in [5.41, 5.74) is 10.4. The van der Waals surface area contributed by atoms with Gasteiger partial charge in [-0.2, -0.15) is 14.9 Å². The molecule has 1 heterocycles. The SMILES string of the molecule is Cc1nn(-c2ccccc2)c(Oc2ccc3ccccc3c2)c1/C=N/NC(N)=S.O. The number of benzene rings is 3. The predicted octanol–water partition coefficient (Wildman–Crippen LogP) is 3.47. The van der Waals surface area contributed by atoms with E-state index in [2.05, 4.69) is 27.8 Å². The molecular weight excluding hydrogens is 398 g/mol. The van der Waals surface area contributed by atoms with Gasteiger partial charge in [-0.1, -0.05) is 48.5 Å². The van der Waals surface area contributed by atoms with Gasteiger partial charge in [-0.3, -0.25) is 5.43 Å². The smallest absolute Gasteiger partial charge is 0.231 e. The van der Waals surface area contributed by atoms with Crippen LogP contribution in [-0.4, -0.2) is 26.6 Å². The Balaban J connectivity index is 0.00000256. The summed E-state index contributed by atoms with van der Waals surface area (Å²) in [5.74, 6) is 1.26. The van der Waals surface area contributed by atoms with Gasteiger partial charge in [-0.15, -0.1) is 0 Å². The van der Waals surface area contributed by atoms with Crippen molar-refractivity contribution in [1.82, 2.24) is 15.2 Å². The quantitative estimate of drug-likeness (QED) is 0.292. The number of ether oxygens (including phenoxy) is 1. The summed E-state index contributed by atoms with van der Waals surface area (Å²) in [5, 5.41) is 11.1. The normalized spacial score (nSPS) is 10.7. The summed E-state index contributed by atoms with van der Waals surface area (Å²) in [4.78, 5) is 0. The Bertz CT molecular complexity index is 1200. The van der Waals surface area contributed by atoms with Gasteiger partial charge in [-0.05, 0) is 54.2 Å². The number of nitrogens with one attached hydrogen (secondary N) is 1. The molecule has 0 atom stereocenters. The van der Waals surface area contributed by atoms with Crippen molar-refractivity contribution in [3.05, 3.63) is 84.1 Å². The molecule has 4 aromatic rings. The molecule has 0 aliphatic heterocycles. The van der Waals surface area contributed by atoms with Gasteiger partial charge < -0.3 is 15.9 Å². The highest BCUT2D eigenvalue weighted by atomic mass is 32.1. The Hall–Kier alpha value is -3.75. The Morgan fingerprint density at radius 3 is 2.50 bits per heavy atom. The third-order valence-corrected chi connectivity index (χ3v) is 4.46. The molecule has 5 N–H and O–H groups in total. The first-order chi connectivity index (χ1) is 14.1. The summed E-state index contributed by atoms with van der Waals surface area (Å²) < 4.78 is 8.06. The van der Waals surface area contributed by atoms with Crippen LogP contribution < -0.4 is 15.9 Å². The van der Waals surface area contributed by atoms with Crippen LogP contribution in [0, 0.1) is 6.92 Å². The van der Waals surface area contributed by atoms with Crippen molar-refractivity contribution in [2.45, 2.75) is 6.92 Å². The topological polar surface area (TPSA) is 109 Å². The molecular formula is C22H21N5O2S. The number of nitrogens with zero attached hydrogens (tertiary/aromatic N) is 3. The molecule has 7 nitrogen and oxygen atoms in total. The number of thiocarbonyl (C=S) groups is 1. The van der Waals surface area contributed by atoms with E-state index in [4.69, 9.17) is 22.7 Å². The lowest BCUT2D eigenvalue weighted by atomic mass is 10.1. The maximum Gasteiger partial charge on any atom is 0.231 e. The summed E-state index contributed by atoms with van der Waals surface area (Å²) in [6.07, 6.45) is 1.61. The summed E-state index contributed by atoms with van der Waals surface area (Å²) in [6.45, 7) is 1.90. The van der Waals surface area contributed by atoms with Crippen molar-refractivity contribution in [1.29, 1.82) is 0 Å². The zero-order valence-corrected chi connectivity index (χ0v) is 17.1. The molecule has 0 amide bonds. The van der Waals surface area contributed by atoms with Crippen LogP contribution in [0.25, 0.3) is 16.5 Å². The highest BCUT2D eigenvalue weighted by Crippen LogP contribution is 2.31. The van der Waals surface area contributed by atoms with Gasteiger partial charge in [0.05, 0.1) is 23.2 Å². The molecule has 0 bridgehead atoms. The average molecular weight is 420 g/mol. The number of rotatable bonds is 5. The molecule has 30 heavy (non-hydrogen) atoms. The van der Waals surface area contributed by atoms with Gasteiger partial charge in [0.15, 0.2) is 5.11 Å². The second-order valence-electron chi connectivity index (χ2n) is 6.40. The van der Waals surface area contributed by atoms with Crippen LogP contribution in [0.1, 0.15) is 11.3 Å². The summed E-state index contributed by atoms with van der Waals surface area (Å²) in [7, 11) is 0. The van der Waals surface area contributed by atoms with Gasteiger partial charge in [0.2, 0.25) is 5.88 Å². The lowest BCUT2D eigenvalue weighted by Crippen LogP contribution is -2.24. The number of aryl methyl sites for hydroxylation is 1. The predicted molar refractivity (Wildman–Crippen MR) is 123 cm³/mol. The number of hydrazone groups is 1. The number of fused-ring (bicyclic) bond motifs is 1. The van der Waals surface area contributed by atoms with E-state index in [-0.39, 0.29) is 10.6 Å². The van der Waals surface area contributed by atoms with E-state index in [1.165, 1.54) is 0 Å². The van der Waals surface area contributed by atoms with Gasteiger partial charge >= 0.3 is 0 Å². The lowest BCUT2D eigenvalue weighted by Gasteiger charge is -2.11. The third kappa shape index (κ3) is 4.45. The van der Waals surface area contributed by atoms with E-state index in [1.807, 2.05) is 67.6 Å². The number of para-hydroxylation sites is 1. The van der Waals surface area contributed by atoms with Crippen LogP contribution >= 0.6 is 12.2 Å². The van der Waals surface area contributed by atoms with E-state index < -0.39 is 0 Å². The molecule has 0 unspecified atom stereocenters. The number of hydrogen-bond donors (Lipinski definition) is 2. The van der Waals surface area contributed by atoms with Crippen molar-refractivity contribution in [2.75, 3.05) is 0 Å². The molecule has 0 aliphatic rings. The molecule has 0 saturated heterocycles. The number of hydrogen-bond acceptors (Lipinski definition) is 4. The largest absolute Gasteiger partial charge is 0.438 e. The van der Waals surface area contributed by atoms with E-state index in [9.17, 15) is 0 Å². The summed E-state index contributed by atoms with van der Waals surface area (Å²) in [6, 6.07) is 23.9. The van der Waals surface area contributed by atoms with Gasteiger partial charge in [0, 0.05) is 0 Å². The molecule has 0 radical (unpaired) electrons. The van der Waals surface area contributed by atoms with Gasteiger partial charge in [0.25, 0.3) is 0 Å². The monoisotopic (exact) mass is 419 g/mol. The fraction of sp³-hybridized carbons (Fsp3) is 0.0455. The second-order valence-corrected chi connectivity index (χ2v) is 6.84. The minimum Gasteiger partial charge on any atom is -0.438 e. The van der Waals surface area contributed by atoms with Crippen LogP contribution in [0.2, 0.25) is 0 Å². The molecule has 1 aromatic heterocycles. The van der Waals surface area contributed by atoms with E-state index >= 15 is 0 Å². The van der Waals surface area contributed by atoms with Crippen molar-refractivity contribution in [3.63, 3.8) is 0 Å². The van der Waals surface area contributed by atoms with E-state index in [0.717, 1.165) is 27.7 Å². The van der Waals surface area contributed by atoms with Crippen molar-refractivity contribution >= 4 is 34.3 Å². The zero-order chi connectivity index (χ0) is 20.2. The Morgan fingerprint density at radius 2 is 1.77 bits per heavy atom. The fourth-order valence-electron chi connectivity index (χ4n) is 3.01. The summed E-state index contributed by atoms with van der Waals surface area (Å²) >= 11 is 4.81. The van der Waals surface area contributed by atoms with Crippen LogP contribution in [0.5, 0.6) is 11.6 Å². The number of aromatic nitrogens is 2. The minimum absolute atomic E-state index is 0. The highest BCUT2D eigenvalue weighted by molar-refractivity contribution is 7.80.